The standard InChI is InChI=1S/C18H24N4O4S2/c1-3-14-6-4-5-11-22(14)28(24,25)15-9-7-13(8-10-15)17(23)19-18-21-20-16(26-18)12-27-2/h7-10,14H,3-6,11-12H2,1-2H3,(H,19,21,23). The van der Waals surface area contributed by atoms with Crippen molar-refractivity contribution in [2.75, 3.05) is 18.1 Å². The van der Waals surface area contributed by atoms with Gasteiger partial charge in [0.2, 0.25) is 15.9 Å². The van der Waals surface area contributed by atoms with Gasteiger partial charge in [-0.15, -0.1) is 5.10 Å². The minimum absolute atomic E-state index is 0.0184. The second kappa shape index (κ2) is 9.06. The van der Waals surface area contributed by atoms with Crippen LogP contribution in [-0.2, 0) is 15.8 Å². The van der Waals surface area contributed by atoms with Crippen molar-refractivity contribution in [3.05, 3.63) is 35.7 Å². The highest BCUT2D eigenvalue weighted by Gasteiger charge is 2.32. The van der Waals surface area contributed by atoms with Gasteiger partial charge >= 0.3 is 6.01 Å². The second-order valence-corrected chi connectivity index (χ2v) is 9.34. The van der Waals surface area contributed by atoms with Crippen molar-refractivity contribution in [2.45, 2.75) is 49.3 Å². The highest BCUT2D eigenvalue weighted by Crippen LogP contribution is 2.27. The third-order valence-corrected chi connectivity index (χ3v) is 7.22. The number of nitrogens with one attached hydrogen (secondary N) is 1. The van der Waals surface area contributed by atoms with Crippen LogP contribution in [0.15, 0.2) is 33.6 Å². The molecule has 0 spiro atoms. The van der Waals surface area contributed by atoms with Gasteiger partial charge in [0.15, 0.2) is 0 Å². The van der Waals surface area contributed by atoms with Crippen LogP contribution in [0.5, 0.6) is 0 Å². The number of hydrogen-bond acceptors (Lipinski definition) is 7. The molecule has 2 aromatic rings. The number of aromatic nitrogens is 2. The minimum atomic E-state index is -3.57. The Kier molecular flexibility index (Phi) is 6.73. The molecule has 1 saturated heterocycles. The van der Waals surface area contributed by atoms with Crippen molar-refractivity contribution in [1.29, 1.82) is 0 Å². The van der Waals surface area contributed by atoms with E-state index in [-0.39, 0.29) is 17.0 Å². The van der Waals surface area contributed by atoms with E-state index in [0.717, 1.165) is 25.7 Å². The molecule has 28 heavy (non-hydrogen) atoms. The predicted octanol–water partition coefficient (Wildman–Crippen LogP) is 3.14. The van der Waals surface area contributed by atoms with Gasteiger partial charge in [-0.2, -0.15) is 16.1 Å². The van der Waals surface area contributed by atoms with Gasteiger partial charge in [-0.1, -0.05) is 18.4 Å². The number of hydrogen-bond donors (Lipinski definition) is 1. The fourth-order valence-corrected chi connectivity index (χ4v) is 5.40. The van der Waals surface area contributed by atoms with Crippen LogP contribution in [0.3, 0.4) is 0 Å². The molecule has 1 fully saturated rings. The Morgan fingerprint density at radius 1 is 1.29 bits per heavy atom. The number of piperidine rings is 1. The number of benzene rings is 1. The number of carbonyl (C=O) groups excluding carboxylic acids is 1. The first-order valence-electron chi connectivity index (χ1n) is 9.20. The summed E-state index contributed by atoms with van der Waals surface area (Å²) in [5.41, 5.74) is 0.314. The summed E-state index contributed by atoms with van der Waals surface area (Å²) >= 11 is 1.53. The molecule has 1 aromatic carbocycles. The van der Waals surface area contributed by atoms with E-state index in [4.69, 9.17) is 4.42 Å². The number of rotatable bonds is 7. The second-order valence-electron chi connectivity index (χ2n) is 6.59. The Labute approximate surface area is 169 Å². The zero-order valence-corrected chi connectivity index (χ0v) is 17.6. The zero-order valence-electron chi connectivity index (χ0n) is 15.9. The quantitative estimate of drug-likeness (QED) is 0.728. The lowest BCUT2D eigenvalue weighted by atomic mass is 10.0. The first kappa shape index (κ1) is 20.8. The molecular formula is C18H24N4O4S2. The highest BCUT2D eigenvalue weighted by atomic mass is 32.2. The van der Waals surface area contributed by atoms with Crippen LogP contribution in [0.4, 0.5) is 6.01 Å². The summed E-state index contributed by atoms with van der Waals surface area (Å²) in [7, 11) is -3.57. The van der Waals surface area contributed by atoms with Crippen LogP contribution in [0.2, 0.25) is 0 Å². The summed E-state index contributed by atoms with van der Waals surface area (Å²) < 4.78 is 32.9. The summed E-state index contributed by atoms with van der Waals surface area (Å²) in [5.74, 6) is 0.550. The molecule has 2 heterocycles. The van der Waals surface area contributed by atoms with E-state index in [2.05, 4.69) is 15.5 Å². The van der Waals surface area contributed by atoms with Gasteiger partial charge in [-0.25, -0.2) is 8.42 Å². The summed E-state index contributed by atoms with van der Waals surface area (Å²) in [4.78, 5) is 12.5. The van der Waals surface area contributed by atoms with Crippen molar-refractivity contribution in [3.63, 3.8) is 0 Å². The fraction of sp³-hybridized carbons (Fsp3) is 0.500. The first-order valence-corrected chi connectivity index (χ1v) is 12.0. The van der Waals surface area contributed by atoms with E-state index in [1.54, 1.807) is 4.31 Å². The fourth-order valence-electron chi connectivity index (χ4n) is 3.27. The van der Waals surface area contributed by atoms with Crippen molar-refractivity contribution < 1.29 is 17.6 Å². The van der Waals surface area contributed by atoms with E-state index in [9.17, 15) is 13.2 Å². The number of anilines is 1. The van der Waals surface area contributed by atoms with E-state index in [1.165, 1.54) is 36.0 Å². The molecule has 1 N–H and O–H groups in total. The topological polar surface area (TPSA) is 105 Å². The van der Waals surface area contributed by atoms with Crippen molar-refractivity contribution >= 4 is 33.7 Å². The number of amides is 1. The lowest BCUT2D eigenvalue weighted by Gasteiger charge is -2.34. The van der Waals surface area contributed by atoms with Gasteiger partial charge in [0.25, 0.3) is 5.91 Å². The van der Waals surface area contributed by atoms with Gasteiger partial charge < -0.3 is 4.42 Å². The van der Waals surface area contributed by atoms with Crippen molar-refractivity contribution in [3.8, 4) is 0 Å². The molecule has 8 nitrogen and oxygen atoms in total. The molecule has 0 bridgehead atoms. The Morgan fingerprint density at radius 2 is 2.04 bits per heavy atom. The number of nitrogens with zero attached hydrogens (tertiary/aromatic N) is 3. The third-order valence-electron chi connectivity index (χ3n) is 4.72. The number of thioether (sulfide) groups is 1. The van der Waals surface area contributed by atoms with Crippen LogP contribution < -0.4 is 5.32 Å². The van der Waals surface area contributed by atoms with Crippen LogP contribution in [0, 0.1) is 0 Å². The van der Waals surface area contributed by atoms with E-state index >= 15 is 0 Å². The summed E-state index contributed by atoms with van der Waals surface area (Å²) in [6, 6.07) is 5.98. The van der Waals surface area contributed by atoms with E-state index < -0.39 is 15.9 Å². The van der Waals surface area contributed by atoms with Crippen LogP contribution in [0.25, 0.3) is 0 Å². The monoisotopic (exact) mass is 424 g/mol. The molecule has 3 rings (SSSR count). The van der Waals surface area contributed by atoms with Crippen molar-refractivity contribution in [1.82, 2.24) is 14.5 Å². The van der Waals surface area contributed by atoms with Crippen LogP contribution >= 0.6 is 11.8 Å². The Bertz CT molecular complexity index is 912. The molecule has 1 aromatic heterocycles. The van der Waals surface area contributed by atoms with Gasteiger partial charge in [0.05, 0.1) is 10.6 Å². The van der Waals surface area contributed by atoms with Gasteiger partial charge in [0, 0.05) is 18.2 Å². The van der Waals surface area contributed by atoms with Crippen LogP contribution in [0.1, 0.15) is 48.9 Å². The molecule has 1 aliphatic rings. The maximum Gasteiger partial charge on any atom is 0.322 e. The average Bonchev–Trinajstić information content (AvgIpc) is 3.15. The summed E-state index contributed by atoms with van der Waals surface area (Å²) in [5, 5.41) is 10.1. The average molecular weight is 425 g/mol. The Balaban J connectivity index is 1.72. The first-order chi connectivity index (χ1) is 13.5. The maximum atomic E-state index is 13.0. The van der Waals surface area contributed by atoms with E-state index in [1.807, 2.05) is 13.2 Å². The predicted molar refractivity (Wildman–Crippen MR) is 108 cm³/mol. The third kappa shape index (κ3) is 4.56. The SMILES string of the molecule is CCC1CCCCN1S(=O)(=O)c1ccc(C(=O)Nc2nnc(CSC)o2)cc1. The maximum absolute atomic E-state index is 13.0. The van der Waals surface area contributed by atoms with Gasteiger partial charge in [-0.3, -0.25) is 10.1 Å². The zero-order chi connectivity index (χ0) is 20.1. The molecule has 0 saturated carbocycles. The molecule has 0 aliphatic carbocycles. The Morgan fingerprint density at radius 3 is 2.71 bits per heavy atom. The molecule has 0 radical (unpaired) electrons. The molecule has 1 amide bonds. The van der Waals surface area contributed by atoms with Crippen LogP contribution in [-0.4, -0.2) is 47.7 Å². The molecule has 1 unspecified atom stereocenters. The molecule has 10 heteroatoms. The Hall–Kier alpha value is -1.91. The number of carbonyl (C=O) groups is 1. The molecule has 152 valence electrons. The summed E-state index contributed by atoms with van der Waals surface area (Å²) in [6.07, 6.45) is 5.52. The number of sulfonamides is 1. The van der Waals surface area contributed by atoms with Crippen molar-refractivity contribution in [2.24, 2.45) is 0 Å². The molecule has 1 aliphatic heterocycles. The lowest BCUT2D eigenvalue weighted by Crippen LogP contribution is -2.43. The molecular weight excluding hydrogens is 400 g/mol. The van der Waals surface area contributed by atoms with Gasteiger partial charge in [0.1, 0.15) is 0 Å². The summed E-state index contributed by atoms with van der Waals surface area (Å²) in [6.45, 7) is 2.55. The minimum Gasteiger partial charge on any atom is -0.407 e. The smallest absolute Gasteiger partial charge is 0.322 e. The highest BCUT2D eigenvalue weighted by molar-refractivity contribution is 7.97. The van der Waals surface area contributed by atoms with E-state index in [0.29, 0.717) is 23.8 Å². The normalized spacial score (nSPS) is 18.1. The lowest BCUT2D eigenvalue weighted by molar-refractivity contribution is 0.102. The largest absolute Gasteiger partial charge is 0.407 e. The van der Waals surface area contributed by atoms with Gasteiger partial charge in [-0.05, 0) is 49.8 Å². The molecule has 1 atom stereocenters.